The molecule has 2 amide bonds. The van der Waals surface area contributed by atoms with Crippen LogP contribution < -0.4 is 10.1 Å². The van der Waals surface area contributed by atoms with E-state index in [4.69, 9.17) is 14.2 Å². The first-order valence-electron chi connectivity index (χ1n) is 12.9. The summed E-state index contributed by atoms with van der Waals surface area (Å²) in [5.74, 6) is 0.171. The molecule has 1 unspecified atom stereocenters. The van der Waals surface area contributed by atoms with Crippen LogP contribution in [0.5, 0.6) is 5.75 Å². The lowest BCUT2D eigenvalue weighted by Gasteiger charge is -2.35. The molecule has 1 N–H and O–H groups in total. The van der Waals surface area contributed by atoms with Crippen molar-refractivity contribution in [2.45, 2.75) is 70.1 Å². The minimum atomic E-state index is -0.916. The Morgan fingerprint density at radius 3 is 2.43 bits per heavy atom. The second-order valence-corrected chi connectivity index (χ2v) is 10.9. The fourth-order valence-electron chi connectivity index (χ4n) is 4.98. The number of halogens is 1. The van der Waals surface area contributed by atoms with Gasteiger partial charge in [0.15, 0.2) is 5.60 Å². The van der Waals surface area contributed by atoms with Gasteiger partial charge in [0.25, 0.3) is 5.91 Å². The van der Waals surface area contributed by atoms with Gasteiger partial charge in [-0.15, -0.1) is 0 Å². The summed E-state index contributed by atoms with van der Waals surface area (Å²) < 4.78 is 30.7. The molecule has 2 fully saturated rings. The second kappa shape index (κ2) is 11.1. The Hall–Kier alpha value is -3.13. The summed E-state index contributed by atoms with van der Waals surface area (Å²) in [5.41, 5.74) is 1.03. The van der Waals surface area contributed by atoms with Gasteiger partial charge in [-0.3, -0.25) is 4.79 Å². The van der Waals surface area contributed by atoms with Crippen molar-refractivity contribution in [3.05, 3.63) is 53.8 Å². The Morgan fingerprint density at radius 1 is 1.14 bits per heavy atom. The zero-order valence-electron chi connectivity index (χ0n) is 22.1. The number of rotatable bonds is 6. The Morgan fingerprint density at radius 2 is 1.84 bits per heavy atom. The maximum atomic E-state index is 13.8. The van der Waals surface area contributed by atoms with E-state index >= 15 is 0 Å². The summed E-state index contributed by atoms with van der Waals surface area (Å²) in [6.07, 6.45) is 2.96. The van der Waals surface area contributed by atoms with E-state index in [-0.39, 0.29) is 23.9 Å². The zero-order valence-corrected chi connectivity index (χ0v) is 22.1. The quantitative estimate of drug-likeness (QED) is 0.582. The molecule has 200 valence electrons. The number of hydrogen-bond donors (Lipinski definition) is 1. The van der Waals surface area contributed by atoms with E-state index in [9.17, 15) is 14.0 Å². The standard InChI is InChI=1S/C29H37FN2O5/c1-28(2,3)37-27(34)32-15-12-23(13-16-32)31-26(33)29(14-5-17-36-29)19-20-6-8-21(9-7-20)24-18-22(30)10-11-25(24)35-4/h6-11,18,23H,5,12-17,19H2,1-4H3,(H,31,33). The van der Waals surface area contributed by atoms with E-state index in [0.29, 0.717) is 56.7 Å². The number of piperidine rings is 1. The van der Waals surface area contributed by atoms with Crippen LogP contribution in [-0.2, 0) is 20.7 Å². The summed E-state index contributed by atoms with van der Waals surface area (Å²) in [4.78, 5) is 27.5. The fourth-order valence-corrected chi connectivity index (χ4v) is 4.98. The molecule has 37 heavy (non-hydrogen) atoms. The van der Waals surface area contributed by atoms with Gasteiger partial charge < -0.3 is 24.4 Å². The first kappa shape index (κ1) is 26.9. The third-order valence-corrected chi connectivity index (χ3v) is 6.92. The van der Waals surface area contributed by atoms with E-state index in [1.165, 1.54) is 12.1 Å². The molecule has 0 bridgehead atoms. The molecule has 0 radical (unpaired) electrons. The number of benzene rings is 2. The minimum Gasteiger partial charge on any atom is -0.496 e. The minimum absolute atomic E-state index is 0.0184. The molecule has 8 heteroatoms. The number of carbonyl (C=O) groups is 2. The maximum absolute atomic E-state index is 13.8. The lowest BCUT2D eigenvalue weighted by molar-refractivity contribution is -0.142. The third-order valence-electron chi connectivity index (χ3n) is 6.92. The predicted octanol–water partition coefficient (Wildman–Crippen LogP) is 5.11. The van der Waals surface area contributed by atoms with Crippen molar-refractivity contribution >= 4 is 12.0 Å². The molecule has 7 nitrogen and oxygen atoms in total. The molecule has 2 heterocycles. The number of nitrogens with zero attached hydrogens (tertiary/aromatic N) is 1. The first-order chi connectivity index (χ1) is 17.6. The Labute approximate surface area is 218 Å². The largest absolute Gasteiger partial charge is 0.496 e. The molecule has 2 aliphatic rings. The van der Waals surface area contributed by atoms with Gasteiger partial charge in [-0.05, 0) is 75.8 Å². The molecule has 2 saturated heterocycles. The van der Waals surface area contributed by atoms with Crippen LogP contribution in [0.25, 0.3) is 11.1 Å². The lowest BCUT2D eigenvalue weighted by atomic mass is 9.89. The molecule has 2 aromatic carbocycles. The Bertz CT molecular complexity index is 1100. The summed E-state index contributed by atoms with van der Waals surface area (Å²) in [5, 5.41) is 3.19. The van der Waals surface area contributed by atoms with E-state index < -0.39 is 11.2 Å². The highest BCUT2D eigenvalue weighted by Gasteiger charge is 2.43. The number of ether oxygens (including phenoxy) is 3. The number of amides is 2. The van der Waals surface area contributed by atoms with Crippen molar-refractivity contribution in [3.63, 3.8) is 0 Å². The lowest BCUT2D eigenvalue weighted by Crippen LogP contribution is -2.54. The molecule has 0 aromatic heterocycles. The Kier molecular flexibility index (Phi) is 8.07. The summed E-state index contributed by atoms with van der Waals surface area (Å²) >= 11 is 0. The first-order valence-corrected chi connectivity index (χ1v) is 12.9. The Balaban J connectivity index is 1.39. The van der Waals surface area contributed by atoms with Gasteiger partial charge in [0, 0.05) is 37.7 Å². The van der Waals surface area contributed by atoms with Crippen molar-refractivity contribution in [1.29, 1.82) is 0 Å². The number of likely N-dealkylation sites (tertiary alicyclic amines) is 1. The molecule has 1 atom stereocenters. The second-order valence-electron chi connectivity index (χ2n) is 10.9. The van der Waals surface area contributed by atoms with Crippen LogP contribution in [0.2, 0.25) is 0 Å². The molecular weight excluding hydrogens is 475 g/mol. The summed E-state index contributed by atoms with van der Waals surface area (Å²) in [6, 6.07) is 12.2. The van der Waals surface area contributed by atoms with Gasteiger partial charge in [-0.1, -0.05) is 24.3 Å². The molecular formula is C29H37FN2O5. The third kappa shape index (κ3) is 6.60. The van der Waals surface area contributed by atoms with Crippen LogP contribution in [0, 0.1) is 5.82 Å². The van der Waals surface area contributed by atoms with Crippen LogP contribution in [-0.4, -0.2) is 61.0 Å². The van der Waals surface area contributed by atoms with Gasteiger partial charge in [0.2, 0.25) is 0 Å². The average molecular weight is 513 g/mol. The highest BCUT2D eigenvalue weighted by molar-refractivity contribution is 5.86. The van der Waals surface area contributed by atoms with E-state index in [1.807, 2.05) is 45.0 Å². The van der Waals surface area contributed by atoms with Gasteiger partial charge in [0.05, 0.1) is 7.11 Å². The smallest absolute Gasteiger partial charge is 0.410 e. The van der Waals surface area contributed by atoms with E-state index in [0.717, 1.165) is 17.5 Å². The number of carbonyl (C=O) groups excluding carboxylic acids is 2. The SMILES string of the molecule is COc1ccc(F)cc1-c1ccc(CC2(C(=O)NC3CCN(C(=O)OC(C)(C)C)CC3)CCCO2)cc1. The summed E-state index contributed by atoms with van der Waals surface area (Å²) in [6.45, 7) is 7.18. The normalized spacial score (nSPS) is 20.5. The van der Waals surface area contributed by atoms with Gasteiger partial charge in [-0.25, -0.2) is 9.18 Å². The van der Waals surface area contributed by atoms with Crippen LogP contribution in [0.15, 0.2) is 42.5 Å². The molecule has 2 aromatic rings. The molecule has 4 rings (SSSR count). The summed E-state index contributed by atoms with van der Waals surface area (Å²) in [7, 11) is 1.56. The van der Waals surface area contributed by atoms with Crippen molar-refractivity contribution in [2.75, 3.05) is 26.8 Å². The van der Waals surface area contributed by atoms with Gasteiger partial charge in [-0.2, -0.15) is 0 Å². The molecule has 0 spiro atoms. The van der Waals surface area contributed by atoms with Crippen molar-refractivity contribution in [3.8, 4) is 16.9 Å². The van der Waals surface area contributed by atoms with Crippen molar-refractivity contribution < 1.29 is 28.2 Å². The number of hydrogen-bond acceptors (Lipinski definition) is 5. The van der Waals surface area contributed by atoms with Gasteiger partial charge in [0.1, 0.15) is 17.2 Å². The highest BCUT2D eigenvalue weighted by Crippen LogP contribution is 2.34. The fraction of sp³-hybridized carbons (Fsp3) is 0.517. The number of methoxy groups -OCH3 is 1. The van der Waals surface area contributed by atoms with Crippen LogP contribution >= 0.6 is 0 Å². The van der Waals surface area contributed by atoms with Crippen molar-refractivity contribution in [2.24, 2.45) is 0 Å². The van der Waals surface area contributed by atoms with Crippen LogP contribution in [0.1, 0.15) is 52.0 Å². The van der Waals surface area contributed by atoms with E-state index in [2.05, 4.69) is 5.32 Å². The highest BCUT2D eigenvalue weighted by atomic mass is 19.1. The predicted molar refractivity (Wildman–Crippen MR) is 139 cm³/mol. The maximum Gasteiger partial charge on any atom is 0.410 e. The zero-order chi connectivity index (χ0) is 26.6. The molecule has 0 saturated carbocycles. The number of nitrogens with one attached hydrogen (secondary N) is 1. The molecule has 0 aliphatic carbocycles. The monoisotopic (exact) mass is 512 g/mol. The van der Waals surface area contributed by atoms with E-state index in [1.54, 1.807) is 18.1 Å². The average Bonchev–Trinajstić information content (AvgIpc) is 3.33. The van der Waals surface area contributed by atoms with Crippen molar-refractivity contribution in [1.82, 2.24) is 10.2 Å². The van der Waals surface area contributed by atoms with Crippen LogP contribution in [0.4, 0.5) is 9.18 Å². The topological polar surface area (TPSA) is 77.1 Å². The molecule has 2 aliphatic heterocycles. The van der Waals surface area contributed by atoms with Gasteiger partial charge >= 0.3 is 6.09 Å². The van der Waals surface area contributed by atoms with Crippen LogP contribution in [0.3, 0.4) is 0 Å².